The lowest BCUT2D eigenvalue weighted by Crippen LogP contribution is -2.12. The Balaban J connectivity index is 2.20. The number of nitrogens with one attached hydrogen (secondary N) is 1. The van der Waals surface area contributed by atoms with Crippen LogP contribution in [0.3, 0.4) is 0 Å². The number of carbonyl (C=O) groups excluding carboxylic acids is 1. The highest BCUT2D eigenvalue weighted by Gasteiger charge is 2.09. The molecule has 1 aromatic heterocycles. The predicted octanol–water partition coefficient (Wildman–Crippen LogP) is 4.20. The first kappa shape index (κ1) is 13.8. The lowest BCUT2D eigenvalue weighted by atomic mass is 10.2. The summed E-state index contributed by atoms with van der Waals surface area (Å²) >= 11 is 11.7. The maximum atomic E-state index is 12.1. The highest BCUT2D eigenvalue weighted by Crippen LogP contribution is 2.16. The van der Waals surface area contributed by atoms with E-state index >= 15 is 0 Å². The number of pyridine rings is 1. The maximum Gasteiger partial charge on any atom is 0.255 e. The van der Waals surface area contributed by atoms with Crippen LogP contribution in [0.4, 0.5) is 5.69 Å². The quantitative estimate of drug-likeness (QED) is 0.862. The van der Waals surface area contributed by atoms with Gasteiger partial charge in [0.2, 0.25) is 0 Å². The van der Waals surface area contributed by atoms with E-state index in [1.165, 1.54) is 0 Å². The molecule has 5 heteroatoms. The maximum absolute atomic E-state index is 12.1. The molecule has 1 amide bonds. The van der Waals surface area contributed by atoms with E-state index in [1.54, 1.807) is 36.4 Å². The van der Waals surface area contributed by atoms with E-state index in [1.807, 2.05) is 6.92 Å². The molecule has 0 aliphatic carbocycles. The average molecular weight is 295 g/mol. The van der Waals surface area contributed by atoms with Gasteiger partial charge in [-0.15, -0.1) is 0 Å². The van der Waals surface area contributed by atoms with Gasteiger partial charge in [0.1, 0.15) is 5.15 Å². The molecule has 0 bridgehead atoms. The average Bonchev–Trinajstić information content (AvgIpc) is 2.40. The summed E-state index contributed by atoms with van der Waals surface area (Å²) in [7, 11) is 0. The number of benzene rings is 1. The van der Waals surface area contributed by atoms with Crippen LogP contribution in [0.15, 0.2) is 36.4 Å². The molecule has 1 N–H and O–H groups in total. The van der Waals surface area contributed by atoms with E-state index < -0.39 is 0 Å². The summed E-state index contributed by atoms with van der Waals surface area (Å²) in [5.41, 5.74) is 1.96. The van der Waals surface area contributed by atoms with E-state index in [4.69, 9.17) is 23.2 Å². The van der Waals surface area contributed by atoms with Crippen molar-refractivity contribution >= 4 is 34.8 Å². The van der Waals surface area contributed by atoms with Crippen LogP contribution in [-0.4, -0.2) is 10.9 Å². The molecule has 1 heterocycles. The molecule has 0 spiro atoms. The van der Waals surface area contributed by atoms with Crippen LogP contribution in [0.5, 0.6) is 0 Å². The van der Waals surface area contributed by atoms with Gasteiger partial charge in [0.25, 0.3) is 5.91 Å². The summed E-state index contributed by atoms with van der Waals surface area (Å²) in [5, 5.41) is 3.72. The van der Waals surface area contributed by atoms with Gasteiger partial charge in [0.05, 0.1) is 0 Å². The molecule has 1 aromatic carbocycles. The van der Waals surface area contributed by atoms with Crippen molar-refractivity contribution in [2.45, 2.75) is 13.3 Å². The van der Waals surface area contributed by atoms with Crippen LogP contribution in [0.1, 0.15) is 23.0 Å². The summed E-state index contributed by atoms with van der Waals surface area (Å²) in [6.07, 6.45) is 0.724. The molecule has 0 aliphatic rings. The first-order valence-corrected chi connectivity index (χ1v) is 6.57. The predicted molar refractivity (Wildman–Crippen MR) is 78.0 cm³/mol. The van der Waals surface area contributed by atoms with Crippen molar-refractivity contribution in [3.63, 3.8) is 0 Å². The minimum atomic E-state index is -0.221. The molecule has 2 aromatic rings. The van der Waals surface area contributed by atoms with E-state index in [2.05, 4.69) is 10.3 Å². The smallest absolute Gasteiger partial charge is 0.255 e. The fourth-order valence-corrected chi connectivity index (χ4v) is 1.95. The Hall–Kier alpha value is -1.58. The Morgan fingerprint density at radius 2 is 1.89 bits per heavy atom. The SMILES string of the molecule is CCc1cc(C(=O)Nc2ccc(Cl)cc2)cc(Cl)n1. The molecule has 0 fully saturated rings. The molecule has 19 heavy (non-hydrogen) atoms. The van der Waals surface area contributed by atoms with Gasteiger partial charge in [-0.2, -0.15) is 0 Å². The highest BCUT2D eigenvalue weighted by atomic mass is 35.5. The van der Waals surface area contributed by atoms with Crippen LogP contribution in [0.25, 0.3) is 0 Å². The van der Waals surface area contributed by atoms with E-state index in [-0.39, 0.29) is 5.91 Å². The first-order chi connectivity index (χ1) is 9.08. The third-order valence-electron chi connectivity index (χ3n) is 2.57. The second kappa shape index (κ2) is 6.04. The van der Waals surface area contributed by atoms with Crippen molar-refractivity contribution < 1.29 is 4.79 Å². The van der Waals surface area contributed by atoms with Crippen molar-refractivity contribution in [2.24, 2.45) is 0 Å². The number of aromatic nitrogens is 1. The Bertz CT molecular complexity index is 597. The minimum Gasteiger partial charge on any atom is -0.322 e. The topological polar surface area (TPSA) is 42.0 Å². The summed E-state index contributed by atoms with van der Waals surface area (Å²) < 4.78 is 0. The zero-order valence-electron chi connectivity index (χ0n) is 10.3. The van der Waals surface area contributed by atoms with Crippen molar-refractivity contribution in [2.75, 3.05) is 5.32 Å². The molecular formula is C14H12Cl2N2O. The highest BCUT2D eigenvalue weighted by molar-refractivity contribution is 6.30. The monoisotopic (exact) mass is 294 g/mol. The Labute approximate surface area is 121 Å². The van der Waals surface area contributed by atoms with Crippen molar-refractivity contribution in [1.82, 2.24) is 4.98 Å². The normalized spacial score (nSPS) is 10.3. The van der Waals surface area contributed by atoms with Crippen LogP contribution in [0.2, 0.25) is 10.2 Å². The summed E-state index contributed by atoms with van der Waals surface area (Å²) in [4.78, 5) is 16.2. The van der Waals surface area contributed by atoms with Crippen LogP contribution in [0, 0.1) is 0 Å². The molecule has 0 saturated heterocycles. The molecule has 2 rings (SSSR count). The standard InChI is InChI=1S/C14H12Cl2N2O/c1-2-11-7-9(8-13(16)17-11)14(19)18-12-5-3-10(15)4-6-12/h3-8H,2H2,1H3,(H,18,19). The van der Waals surface area contributed by atoms with Crippen LogP contribution in [-0.2, 0) is 6.42 Å². The molecule has 0 saturated carbocycles. The fraction of sp³-hybridized carbons (Fsp3) is 0.143. The number of carbonyl (C=O) groups is 1. The molecule has 0 aliphatic heterocycles. The Morgan fingerprint density at radius 1 is 1.21 bits per heavy atom. The van der Waals surface area contributed by atoms with Crippen LogP contribution < -0.4 is 5.32 Å². The van der Waals surface area contributed by atoms with E-state index in [0.29, 0.717) is 21.4 Å². The van der Waals surface area contributed by atoms with Crippen molar-refractivity contribution in [1.29, 1.82) is 0 Å². The van der Waals surface area contributed by atoms with Crippen LogP contribution >= 0.6 is 23.2 Å². The third kappa shape index (κ3) is 3.69. The van der Waals surface area contributed by atoms with Crippen molar-refractivity contribution in [3.8, 4) is 0 Å². The summed E-state index contributed by atoms with van der Waals surface area (Å²) in [6.45, 7) is 1.96. The largest absolute Gasteiger partial charge is 0.322 e. The van der Waals surface area contributed by atoms with Crippen molar-refractivity contribution in [3.05, 3.63) is 57.8 Å². The Kier molecular flexibility index (Phi) is 4.40. The molecule has 0 unspecified atom stereocenters. The summed E-state index contributed by atoms with van der Waals surface area (Å²) in [5.74, 6) is -0.221. The molecular weight excluding hydrogens is 283 g/mol. The van der Waals surface area contributed by atoms with Gasteiger partial charge >= 0.3 is 0 Å². The fourth-order valence-electron chi connectivity index (χ4n) is 1.60. The second-order valence-electron chi connectivity index (χ2n) is 3.98. The second-order valence-corrected chi connectivity index (χ2v) is 4.81. The van der Waals surface area contributed by atoms with Gasteiger partial charge in [-0.25, -0.2) is 4.98 Å². The lowest BCUT2D eigenvalue weighted by molar-refractivity contribution is 0.102. The zero-order valence-corrected chi connectivity index (χ0v) is 11.8. The lowest BCUT2D eigenvalue weighted by Gasteiger charge is -2.07. The number of aryl methyl sites for hydroxylation is 1. The number of hydrogen-bond acceptors (Lipinski definition) is 2. The number of amides is 1. The van der Waals surface area contributed by atoms with Gasteiger partial charge in [-0.05, 0) is 42.8 Å². The molecule has 0 radical (unpaired) electrons. The first-order valence-electron chi connectivity index (χ1n) is 5.82. The number of hydrogen-bond donors (Lipinski definition) is 1. The number of halogens is 2. The Morgan fingerprint density at radius 3 is 2.53 bits per heavy atom. The number of rotatable bonds is 3. The van der Waals surface area contributed by atoms with Gasteiger partial charge in [0.15, 0.2) is 0 Å². The molecule has 3 nitrogen and oxygen atoms in total. The third-order valence-corrected chi connectivity index (χ3v) is 3.02. The van der Waals surface area contributed by atoms with Gasteiger partial charge in [-0.3, -0.25) is 4.79 Å². The van der Waals surface area contributed by atoms with E-state index in [9.17, 15) is 4.79 Å². The number of anilines is 1. The minimum absolute atomic E-state index is 0.221. The van der Waals surface area contributed by atoms with Gasteiger partial charge < -0.3 is 5.32 Å². The molecule has 98 valence electrons. The summed E-state index contributed by atoms with van der Waals surface area (Å²) in [6, 6.07) is 10.2. The number of nitrogens with zero attached hydrogens (tertiary/aromatic N) is 1. The zero-order chi connectivity index (χ0) is 13.8. The van der Waals surface area contributed by atoms with Gasteiger partial charge in [-0.1, -0.05) is 30.1 Å². The van der Waals surface area contributed by atoms with E-state index in [0.717, 1.165) is 12.1 Å². The molecule has 0 atom stereocenters. The van der Waals surface area contributed by atoms with Gasteiger partial charge in [0, 0.05) is 22.0 Å².